The standard InChI is InChI=1S/C25H27N5O/c1-18(2)25(3,20-10-8-19(9-11-20)24-27-28-29-30(24)4)21-12-14-23(15-13-21)31-17-22-7-5-6-16-26-22/h5-16,18H,17H2,1-4H3. The molecule has 31 heavy (non-hydrogen) atoms. The maximum atomic E-state index is 5.91. The third-order valence-electron chi connectivity index (χ3n) is 6.08. The number of ether oxygens (including phenoxy) is 1. The lowest BCUT2D eigenvalue weighted by Gasteiger charge is -2.35. The monoisotopic (exact) mass is 413 g/mol. The molecule has 0 aliphatic heterocycles. The summed E-state index contributed by atoms with van der Waals surface area (Å²) in [7, 11) is 1.85. The Hall–Kier alpha value is -3.54. The van der Waals surface area contributed by atoms with Gasteiger partial charge in [-0.2, -0.15) is 0 Å². The van der Waals surface area contributed by atoms with Crippen LogP contribution in [0.4, 0.5) is 0 Å². The second kappa shape index (κ2) is 8.68. The molecule has 2 aromatic carbocycles. The molecule has 158 valence electrons. The summed E-state index contributed by atoms with van der Waals surface area (Å²) in [5.41, 5.74) is 4.28. The first-order valence-corrected chi connectivity index (χ1v) is 10.4. The molecule has 6 nitrogen and oxygen atoms in total. The molecule has 0 bridgehead atoms. The summed E-state index contributed by atoms with van der Waals surface area (Å²) in [6.07, 6.45) is 1.78. The van der Waals surface area contributed by atoms with Crippen LogP contribution in [0.3, 0.4) is 0 Å². The van der Waals surface area contributed by atoms with Crippen molar-refractivity contribution >= 4 is 0 Å². The van der Waals surface area contributed by atoms with Gasteiger partial charge < -0.3 is 4.74 Å². The van der Waals surface area contributed by atoms with E-state index in [0.717, 1.165) is 22.8 Å². The van der Waals surface area contributed by atoms with Gasteiger partial charge in [0.25, 0.3) is 0 Å². The fourth-order valence-corrected chi connectivity index (χ4v) is 3.81. The van der Waals surface area contributed by atoms with Crippen molar-refractivity contribution in [3.63, 3.8) is 0 Å². The highest BCUT2D eigenvalue weighted by molar-refractivity contribution is 5.56. The lowest BCUT2D eigenvalue weighted by Crippen LogP contribution is -2.30. The first kappa shape index (κ1) is 20.7. The lowest BCUT2D eigenvalue weighted by atomic mass is 9.68. The summed E-state index contributed by atoms with van der Waals surface area (Å²) < 4.78 is 7.59. The van der Waals surface area contributed by atoms with Crippen LogP contribution in [0.2, 0.25) is 0 Å². The number of benzene rings is 2. The van der Waals surface area contributed by atoms with Gasteiger partial charge in [0.2, 0.25) is 0 Å². The van der Waals surface area contributed by atoms with Gasteiger partial charge in [-0.3, -0.25) is 4.98 Å². The maximum Gasteiger partial charge on any atom is 0.181 e. The summed E-state index contributed by atoms with van der Waals surface area (Å²) in [5.74, 6) is 1.99. The SMILES string of the molecule is CC(C)C(C)(c1ccc(OCc2ccccn2)cc1)c1ccc(-c2nnnn2C)cc1. The molecule has 4 aromatic rings. The topological polar surface area (TPSA) is 65.7 Å². The third-order valence-corrected chi connectivity index (χ3v) is 6.08. The molecular weight excluding hydrogens is 386 g/mol. The highest BCUT2D eigenvalue weighted by Gasteiger charge is 2.32. The van der Waals surface area contributed by atoms with E-state index in [2.05, 4.69) is 77.7 Å². The minimum Gasteiger partial charge on any atom is -0.487 e. The number of tetrazole rings is 1. The molecule has 0 aliphatic rings. The zero-order valence-corrected chi connectivity index (χ0v) is 18.4. The van der Waals surface area contributed by atoms with E-state index >= 15 is 0 Å². The van der Waals surface area contributed by atoms with Crippen LogP contribution in [-0.4, -0.2) is 25.2 Å². The van der Waals surface area contributed by atoms with Gasteiger partial charge in [0.1, 0.15) is 12.4 Å². The molecule has 1 atom stereocenters. The van der Waals surface area contributed by atoms with Crippen LogP contribution >= 0.6 is 0 Å². The Bertz CT molecular complexity index is 1120. The van der Waals surface area contributed by atoms with Crippen molar-refractivity contribution in [3.8, 4) is 17.1 Å². The van der Waals surface area contributed by atoms with Gasteiger partial charge in [0, 0.05) is 24.2 Å². The van der Waals surface area contributed by atoms with Gasteiger partial charge >= 0.3 is 0 Å². The van der Waals surface area contributed by atoms with Crippen LogP contribution < -0.4 is 4.74 Å². The Balaban J connectivity index is 1.56. The molecule has 2 aromatic heterocycles. The largest absolute Gasteiger partial charge is 0.487 e. The van der Waals surface area contributed by atoms with Gasteiger partial charge in [0.15, 0.2) is 5.82 Å². The van der Waals surface area contributed by atoms with Crippen molar-refractivity contribution in [2.75, 3.05) is 0 Å². The van der Waals surface area contributed by atoms with Crippen molar-refractivity contribution in [1.29, 1.82) is 0 Å². The first-order valence-electron chi connectivity index (χ1n) is 10.4. The van der Waals surface area contributed by atoms with Crippen LogP contribution in [0.15, 0.2) is 72.9 Å². The van der Waals surface area contributed by atoms with Gasteiger partial charge in [-0.05, 0) is 51.7 Å². The highest BCUT2D eigenvalue weighted by Crippen LogP contribution is 2.40. The third kappa shape index (κ3) is 4.19. The molecule has 0 saturated heterocycles. The fraction of sp³-hybridized carbons (Fsp3) is 0.280. The van der Waals surface area contributed by atoms with Crippen LogP contribution in [-0.2, 0) is 19.1 Å². The Morgan fingerprint density at radius 3 is 2.16 bits per heavy atom. The number of hydrogen-bond acceptors (Lipinski definition) is 5. The average Bonchev–Trinajstić information content (AvgIpc) is 3.24. The molecular formula is C25H27N5O. The highest BCUT2D eigenvalue weighted by atomic mass is 16.5. The van der Waals surface area contributed by atoms with Crippen LogP contribution in [0.25, 0.3) is 11.4 Å². The fourth-order valence-electron chi connectivity index (χ4n) is 3.81. The second-order valence-electron chi connectivity index (χ2n) is 8.19. The molecule has 4 rings (SSSR count). The predicted octanol–water partition coefficient (Wildman–Crippen LogP) is 4.81. The molecule has 0 N–H and O–H groups in total. The normalized spacial score (nSPS) is 13.2. The molecule has 0 saturated carbocycles. The Morgan fingerprint density at radius 2 is 1.61 bits per heavy atom. The number of aromatic nitrogens is 5. The predicted molar refractivity (Wildman–Crippen MR) is 121 cm³/mol. The number of nitrogens with zero attached hydrogens (tertiary/aromatic N) is 5. The van der Waals surface area contributed by atoms with Crippen molar-refractivity contribution in [2.24, 2.45) is 13.0 Å². The molecule has 0 spiro atoms. The summed E-state index contributed by atoms with van der Waals surface area (Å²) in [5, 5.41) is 11.8. The summed E-state index contributed by atoms with van der Waals surface area (Å²) >= 11 is 0. The molecule has 0 amide bonds. The summed E-state index contributed by atoms with van der Waals surface area (Å²) in [6, 6.07) is 22.8. The van der Waals surface area contributed by atoms with Crippen LogP contribution in [0.5, 0.6) is 5.75 Å². The first-order chi connectivity index (χ1) is 15.0. The number of aryl methyl sites for hydroxylation is 1. The van der Waals surface area contributed by atoms with E-state index < -0.39 is 0 Å². The van der Waals surface area contributed by atoms with Crippen molar-refractivity contribution in [1.82, 2.24) is 25.2 Å². The molecule has 1 unspecified atom stereocenters. The Morgan fingerprint density at radius 1 is 0.935 bits per heavy atom. The van der Waals surface area contributed by atoms with E-state index in [1.165, 1.54) is 11.1 Å². The quantitative estimate of drug-likeness (QED) is 0.435. The Kier molecular flexibility index (Phi) is 5.80. The van der Waals surface area contributed by atoms with Gasteiger partial charge in [-0.25, -0.2) is 4.68 Å². The summed E-state index contributed by atoms with van der Waals surface area (Å²) in [6.45, 7) is 7.26. The van der Waals surface area contributed by atoms with E-state index in [9.17, 15) is 0 Å². The minimum atomic E-state index is -0.143. The van der Waals surface area contributed by atoms with Crippen molar-refractivity contribution in [3.05, 3.63) is 89.7 Å². The molecule has 0 radical (unpaired) electrons. The minimum absolute atomic E-state index is 0.143. The van der Waals surface area contributed by atoms with Crippen molar-refractivity contribution in [2.45, 2.75) is 32.8 Å². The van der Waals surface area contributed by atoms with E-state index in [0.29, 0.717) is 12.5 Å². The molecule has 0 aliphatic carbocycles. The number of hydrogen-bond donors (Lipinski definition) is 0. The number of rotatable bonds is 7. The van der Waals surface area contributed by atoms with E-state index in [-0.39, 0.29) is 5.41 Å². The number of pyridine rings is 1. The molecule has 0 fully saturated rings. The maximum absolute atomic E-state index is 5.91. The van der Waals surface area contributed by atoms with Crippen molar-refractivity contribution < 1.29 is 4.74 Å². The Labute approximate surface area is 182 Å². The van der Waals surface area contributed by atoms with Crippen LogP contribution in [0, 0.1) is 5.92 Å². The average molecular weight is 414 g/mol. The zero-order valence-electron chi connectivity index (χ0n) is 18.4. The lowest BCUT2D eigenvalue weighted by molar-refractivity contribution is 0.301. The van der Waals surface area contributed by atoms with E-state index in [1.54, 1.807) is 10.9 Å². The smallest absolute Gasteiger partial charge is 0.181 e. The second-order valence-corrected chi connectivity index (χ2v) is 8.19. The van der Waals surface area contributed by atoms with Gasteiger partial charge in [-0.1, -0.05) is 63.2 Å². The van der Waals surface area contributed by atoms with Gasteiger partial charge in [-0.15, -0.1) is 5.10 Å². The van der Waals surface area contributed by atoms with E-state index in [1.807, 2.05) is 37.4 Å². The molecule has 6 heteroatoms. The summed E-state index contributed by atoms with van der Waals surface area (Å²) in [4.78, 5) is 4.31. The van der Waals surface area contributed by atoms with Gasteiger partial charge in [0.05, 0.1) is 5.69 Å². The zero-order chi connectivity index (χ0) is 21.8. The van der Waals surface area contributed by atoms with E-state index in [4.69, 9.17) is 4.74 Å². The molecule has 2 heterocycles. The van der Waals surface area contributed by atoms with Crippen LogP contribution in [0.1, 0.15) is 37.6 Å².